The number of aromatic nitrogens is 2. The lowest BCUT2D eigenvalue weighted by molar-refractivity contribution is 0.0664. The van der Waals surface area contributed by atoms with Gasteiger partial charge in [-0.25, -0.2) is 4.98 Å². The zero-order valence-electron chi connectivity index (χ0n) is 20.4. The Morgan fingerprint density at radius 2 is 1.78 bits per heavy atom. The van der Waals surface area contributed by atoms with Gasteiger partial charge >= 0.3 is 0 Å². The molecule has 7 heteroatoms. The molecule has 5 aromatic rings. The van der Waals surface area contributed by atoms with E-state index in [4.69, 9.17) is 0 Å². The number of likely N-dealkylation sites (N-methyl/N-ethyl adjacent to an activating group) is 1. The number of aryl methyl sites for hydroxylation is 1. The number of carbonyl (C=O) groups is 1. The Morgan fingerprint density at radius 3 is 2.61 bits per heavy atom. The minimum atomic E-state index is 0.115. The highest BCUT2D eigenvalue weighted by molar-refractivity contribution is 7.16. The van der Waals surface area contributed by atoms with Crippen LogP contribution in [0.1, 0.15) is 15.9 Å². The van der Waals surface area contributed by atoms with Crippen molar-refractivity contribution >= 4 is 49.7 Å². The van der Waals surface area contributed by atoms with Crippen molar-refractivity contribution in [2.75, 3.05) is 38.5 Å². The average Bonchev–Trinajstić information content (AvgIpc) is 3.36. The van der Waals surface area contributed by atoms with E-state index in [0.29, 0.717) is 0 Å². The maximum absolute atomic E-state index is 13.0. The van der Waals surface area contributed by atoms with Crippen molar-refractivity contribution in [1.82, 2.24) is 19.8 Å². The summed E-state index contributed by atoms with van der Waals surface area (Å²) in [5, 5.41) is 4.59. The maximum Gasteiger partial charge on any atom is 0.253 e. The highest BCUT2D eigenvalue weighted by atomic mass is 32.1. The van der Waals surface area contributed by atoms with Crippen LogP contribution in [0.5, 0.6) is 0 Å². The van der Waals surface area contributed by atoms with Crippen molar-refractivity contribution < 1.29 is 4.79 Å². The standard InChI is InChI=1S/C29H27N5OS/c1-19-15-21(29(35)34-13-11-33(2)12-14-34)4-6-23(19)20-3-7-24-25(9-10-30-26(24)16-20)32-22-5-8-28-27(17-22)31-18-36-28/h3-10,15-18H,11-14H2,1-2H3,(H,30,32). The van der Waals surface area contributed by atoms with E-state index in [1.165, 1.54) is 4.70 Å². The maximum atomic E-state index is 13.0. The number of carbonyl (C=O) groups excluding carboxylic acids is 1. The molecule has 6 rings (SSSR count). The Bertz CT molecular complexity index is 1590. The number of thiazole rings is 1. The molecule has 1 aliphatic rings. The normalized spacial score (nSPS) is 14.4. The molecule has 6 nitrogen and oxygen atoms in total. The molecule has 3 heterocycles. The number of fused-ring (bicyclic) bond motifs is 2. The van der Waals surface area contributed by atoms with Gasteiger partial charge < -0.3 is 15.1 Å². The van der Waals surface area contributed by atoms with Crippen LogP contribution in [-0.4, -0.2) is 58.9 Å². The number of pyridine rings is 1. The molecule has 1 N–H and O–H groups in total. The smallest absolute Gasteiger partial charge is 0.253 e. The lowest BCUT2D eigenvalue weighted by Crippen LogP contribution is -2.47. The molecule has 1 amide bonds. The van der Waals surface area contributed by atoms with Crippen LogP contribution in [0, 0.1) is 6.92 Å². The van der Waals surface area contributed by atoms with Crippen LogP contribution in [-0.2, 0) is 0 Å². The first-order valence-corrected chi connectivity index (χ1v) is 13.0. The SMILES string of the molecule is Cc1cc(C(=O)N2CCN(C)CC2)ccc1-c1ccc2c(Nc3ccc4scnc4c3)ccnc2c1. The van der Waals surface area contributed by atoms with Crippen LogP contribution in [0.3, 0.4) is 0 Å². The molecule has 180 valence electrons. The molecule has 0 radical (unpaired) electrons. The third-order valence-electron chi connectivity index (χ3n) is 6.93. The van der Waals surface area contributed by atoms with Crippen molar-refractivity contribution in [3.05, 3.63) is 83.5 Å². The number of hydrogen-bond donors (Lipinski definition) is 1. The molecule has 1 aliphatic heterocycles. The second-order valence-electron chi connectivity index (χ2n) is 9.38. The van der Waals surface area contributed by atoms with Crippen molar-refractivity contribution in [2.45, 2.75) is 6.92 Å². The number of rotatable bonds is 4. The minimum absolute atomic E-state index is 0.115. The first-order valence-electron chi connectivity index (χ1n) is 12.1. The van der Waals surface area contributed by atoms with Gasteiger partial charge in [-0.15, -0.1) is 11.3 Å². The van der Waals surface area contributed by atoms with Gasteiger partial charge in [0, 0.05) is 54.7 Å². The van der Waals surface area contributed by atoms with Gasteiger partial charge in [0.2, 0.25) is 0 Å². The summed E-state index contributed by atoms with van der Waals surface area (Å²) in [5.41, 5.74) is 9.83. The molecule has 0 saturated carbocycles. The fourth-order valence-electron chi connectivity index (χ4n) is 4.83. The monoisotopic (exact) mass is 493 g/mol. The Labute approximate surface area is 214 Å². The summed E-state index contributed by atoms with van der Waals surface area (Å²) in [5.74, 6) is 0.115. The van der Waals surface area contributed by atoms with Crippen LogP contribution in [0.2, 0.25) is 0 Å². The number of amides is 1. The molecule has 0 spiro atoms. The molecule has 1 saturated heterocycles. The second kappa shape index (κ2) is 9.33. The molecule has 36 heavy (non-hydrogen) atoms. The molecule has 1 fully saturated rings. The topological polar surface area (TPSA) is 61.4 Å². The molecule has 3 aromatic carbocycles. The molecule has 0 bridgehead atoms. The zero-order chi connectivity index (χ0) is 24.6. The number of nitrogens with zero attached hydrogens (tertiary/aromatic N) is 4. The minimum Gasteiger partial charge on any atom is -0.355 e. The summed E-state index contributed by atoms with van der Waals surface area (Å²) in [7, 11) is 2.10. The van der Waals surface area contributed by atoms with Gasteiger partial charge in [0.25, 0.3) is 5.91 Å². The first kappa shape index (κ1) is 22.6. The van der Waals surface area contributed by atoms with E-state index in [-0.39, 0.29) is 5.91 Å². The van der Waals surface area contributed by atoms with E-state index < -0.39 is 0 Å². The summed E-state index contributed by atoms with van der Waals surface area (Å²) in [6.07, 6.45) is 1.83. The van der Waals surface area contributed by atoms with Gasteiger partial charge in [-0.3, -0.25) is 9.78 Å². The quantitative estimate of drug-likeness (QED) is 0.335. The average molecular weight is 494 g/mol. The van der Waals surface area contributed by atoms with Crippen molar-refractivity contribution in [3.63, 3.8) is 0 Å². The summed E-state index contributed by atoms with van der Waals surface area (Å²) in [4.78, 5) is 26.3. The molecule has 0 aliphatic carbocycles. The number of anilines is 2. The van der Waals surface area contributed by atoms with Gasteiger partial charge in [-0.1, -0.05) is 18.2 Å². The second-order valence-corrected chi connectivity index (χ2v) is 10.3. The molecular formula is C29H27N5OS. The van der Waals surface area contributed by atoms with Crippen molar-refractivity contribution in [1.29, 1.82) is 0 Å². The predicted molar refractivity (Wildman–Crippen MR) is 148 cm³/mol. The molecule has 0 atom stereocenters. The van der Waals surface area contributed by atoms with Crippen LogP contribution in [0.25, 0.3) is 32.2 Å². The van der Waals surface area contributed by atoms with Gasteiger partial charge in [0.05, 0.1) is 21.2 Å². The van der Waals surface area contributed by atoms with E-state index >= 15 is 0 Å². The van der Waals surface area contributed by atoms with Crippen LogP contribution in [0.4, 0.5) is 11.4 Å². The van der Waals surface area contributed by atoms with E-state index in [9.17, 15) is 4.79 Å². The molecule has 2 aromatic heterocycles. The highest BCUT2D eigenvalue weighted by Crippen LogP contribution is 2.32. The van der Waals surface area contributed by atoms with Crippen molar-refractivity contribution in [2.24, 2.45) is 0 Å². The fraction of sp³-hybridized carbons (Fsp3) is 0.207. The van der Waals surface area contributed by atoms with Crippen LogP contribution in [0.15, 0.2) is 72.4 Å². The number of hydrogen-bond acceptors (Lipinski definition) is 6. The van der Waals surface area contributed by atoms with Crippen LogP contribution >= 0.6 is 11.3 Å². The largest absolute Gasteiger partial charge is 0.355 e. The van der Waals surface area contributed by atoms with Gasteiger partial charge in [-0.2, -0.15) is 0 Å². The predicted octanol–water partition coefficient (Wildman–Crippen LogP) is 5.95. The Morgan fingerprint density at radius 1 is 0.917 bits per heavy atom. The van der Waals surface area contributed by atoms with Crippen LogP contribution < -0.4 is 5.32 Å². The molecule has 0 unspecified atom stereocenters. The Kier molecular flexibility index (Phi) is 5.87. The number of nitrogens with one attached hydrogen (secondary N) is 1. The first-order chi connectivity index (χ1) is 17.5. The summed E-state index contributed by atoms with van der Waals surface area (Å²) in [6, 6.07) is 20.6. The lowest BCUT2D eigenvalue weighted by Gasteiger charge is -2.32. The summed E-state index contributed by atoms with van der Waals surface area (Å²) < 4.78 is 1.18. The van der Waals surface area contributed by atoms with Crippen molar-refractivity contribution in [3.8, 4) is 11.1 Å². The summed E-state index contributed by atoms with van der Waals surface area (Å²) >= 11 is 1.64. The van der Waals surface area contributed by atoms with E-state index in [1.807, 2.05) is 34.8 Å². The van der Waals surface area contributed by atoms with E-state index in [2.05, 4.69) is 76.6 Å². The highest BCUT2D eigenvalue weighted by Gasteiger charge is 2.21. The Hall–Kier alpha value is -3.81. The third kappa shape index (κ3) is 4.32. The van der Waals surface area contributed by atoms with Gasteiger partial charge in [0.15, 0.2) is 0 Å². The Balaban J connectivity index is 1.27. The number of benzene rings is 3. The number of piperazine rings is 1. The zero-order valence-corrected chi connectivity index (χ0v) is 21.2. The lowest BCUT2D eigenvalue weighted by atomic mass is 9.96. The molecular weight excluding hydrogens is 466 g/mol. The van der Waals surface area contributed by atoms with Gasteiger partial charge in [-0.05, 0) is 73.1 Å². The van der Waals surface area contributed by atoms with Gasteiger partial charge in [0.1, 0.15) is 0 Å². The third-order valence-corrected chi connectivity index (χ3v) is 7.74. The van der Waals surface area contributed by atoms with E-state index in [0.717, 1.165) is 76.2 Å². The fourth-order valence-corrected chi connectivity index (χ4v) is 5.49. The van der Waals surface area contributed by atoms with E-state index in [1.54, 1.807) is 11.3 Å². The summed E-state index contributed by atoms with van der Waals surface area (Å²) in [6.45, 7) is 5.47.